The third-order valence-corrected chi connectivity index (χ3v) is 27.6. The number of nitriles is 2. The minimum absolute atomic E-state index is 0. The van der Waals surface area contributed by atoms with E-state index in [1.165, 1.54) is 46.1 Å². The topological polar surface area (TPSA) is 198 Å². The molecule has 10 aliphatic carbocycles. The fourth-order valence-corrected chi connectivity index (χ4v) is 23.4. The molecular formula is C70H108N4O9. The van der Waals surface area contributed by atoms with Gasteiger partial charge in [-0.2, -0.15) is 10.5 Å². The minimum Gasteiger partial charge on any atom is -0.465 e. The van der Waals surface area contributed by atoms with Gasteiger partial charge in [-0.05, 0) is 233 Å². The number of carbonyl (C=O) groups excluding carboxylic acids is 4. The Hall–Kier alpha value is -4.36. The summed E-state index contributed by atoms with van der Waals surface area (Å²) in [6, 6.07) is 5.70. The second-order valence-electron chi connectivity index (χ2n) is 30.5. The van der Waals surface area contributed by atoms with Crippen LogP contribution in [0.2, 0.25) is 0 Å². The second kappa shape index (κ2) is 23.1. The van der Waals surface area contributed by atoms with Crippen LogP contribution in [-0.4, -0.2) is 60.2 Å². The number of nitrogens with zero attached hydrogens (tertiary/aromatic N) is 4. The molecule has 0 aromatic carbocycles. The van der Waals surface area contributed by atoms with Crippen LogP contribution >= 0.6 is 0 Å². The van der Waals surface area contributed by atoms with E-state index in [2.05, 4.69) is 97.9 Å². The van der Waals surface area contributed by atoms with Gasteiger partial charge in [-0.25, -0.2) is 9.59 Å². The molecule has 0 aliphatic heterocycles. The molecular weight excluding hydrogens is 1040 g/mol. The Balaban J connectivity index is 0.000000233. The van der Waals surface area contributed by atoms with E-state index in [1.807, 2.05) is 0 Å². The first kappa shape index (κ1) is 66.2. The molecule has 0 aromatic rings. The molecule has 0 amide bonds. The fraction of sp³-hybridized carbons (Fsp3) is 0.829. The molecule has 20 atom stereocenters. The zero-order valence-corrected chi connectivity index (χ0v) is 52.0. The number of oxime groups is 2. The van der Waals surface area contributed by atoms with Crippen molar-refractivity contribution in [2.24, 2.45) is 124 Å². The van der Waals surface area contributed by atoms with Crippen LogP contribution < -0.4 is 0 Å². The van der Waals surface area contributed by atoms with Gasteiger partial charge in [0.05, 0.1) is 41.0 Å². The maximum atomic E-state index is 12.0. The van der Waals surface area contributed by atoms with Gasteiger partial charge in [0, 0.05) is 38.5 Å². The largest absolute Gasteiger partial charge is 0.465 e. The molecule has 462 valence electrons. The average Bonchev–Trinajstić information content (AvgIpc) is 1.48. The summed E-state index contributed by atoms with van der Waals surface area (Å²) in [5, 5.41) is 39.8. The Bertz CT molecular complexity index is 2720. The van der Waals surface area contributed by atoms with Gasteiger partial charge in [0.1, 0.15) is 13.2 Å². The summed E-state index contributed by atoms with van der Waals surface area (Å²) in [5.41, 5.74) is 2.97. The van der Waals surface area contributed by atoms with Gasteiger partial charge in [-0.15, -0.1) is 0 Å². The Labute approximate surface area is 500 Å². The van der Waals surface area contributed by atoms with Crippen LogP contribution in [0.15, 0.2) is 34.6 Å². The molecule has 0 heterocycles. The van der Waals surface area contributed by atoms with Crippen molar-refractivity contribution in [3.8, 4) is 12.1 Å². The molecule has 0 spiro atoms. The van der Waals surface area contributed by atoms with Crippen molar-refractivity contribution in [1.82, 2.24) is 0 Å². The van der Waals surface area contributed by atoms with Gasteiger partial charge >= 0.3 is 23.9 Å². The van der Waals surface area contributed by atoms with E-state index in [9.17, 15) is 34.8 Å². The van der Waals surface area contributed by atoms with Crippen LogP contribution in [0.25, 0.3) is 0 Å². The van der Waals surface area contributed by atoms with Crippen LogP contribution in [0.1, 0.15) is 233 Å². The Morgan fingerprint density at radius 3 is 1.24 bits per heavy atom. The Morgan fingerprint density at radius 2 is 0.892 bits per heavy atom. The number of aliphatic hydroxyl groups is 1. The Kier molecular flexibility index (Phi) is 18.4. The van der Waals surface area contributed by atoms with E-state index in [1.54, 1.807) is 0 Å². The van der Waals surface area contributed by atoms with Crippen molar-refractivity contribution in [2.75, 3.05) is 19.8 Å². The van der Waals surface area contributed by atoms with Crippen LogP contribution in [0.4, 0.5) is 0 Å². The summed E-state index contributed by atoms with van der Waals surface area (Å²) in [7, 11) is 0. The lowest BCUT2D eigenvalue weighted by atomic mass is 9.32. The van der Waals surface area contributed by atoms with Gasteiger partial charge in [-0.3, -0.25) is 9.59 Å². The molecule has 10 aliphatic rings. The summed E-state index contributed by atoms with van der Waals surface area (Å²) in [5.74, 6) is 2.40. The minimum atomic E-state index is -0.509. The lowest BCUT2D eigenvalue weighted by Crippen LogP contribution is -2.67. The molecule has 10 fully saturated rings. The Morgan fingerprint density at radius 1 is 0.506 bits per heavy atom. The monoisotopic (exact) mass is 1150 g/mol. The van der Waals surface area contributed by atoms with Crippen molar-refractivity contribution in [3.05, 3.63) is 24.3 Å². The first-order valence-electron chi connectivity index (χ1n) is 31.4. The molecule has 83 heavy (non-hydrogen) atoms. The van der Waals surface area contributed by atoms with Crippen LogP contribution in [0, 0.1) is 136 Å². The molecule has 0 radical (unpaired) electrons. The number of hydrogen-bond acceptors (Lipinski definition) is 13. The van der Waals surface area contributed by atoms with Crippen LogP contribution in [0.5, 0.6) is 0 Å². The number of aliphatic hydroxyl groups excluding tert-OH is 1. The lowest BCUT2D eigenvalue weighted by Gasteiger charge is -2.72. The molecule has 10 rings (SSSR count). The number of ether oxygens (including phenoxy) is 2. The zero-order chi connectivity index (χ0) is 59.3. The first-order valence-corrected chi connectivity index (χ1v) is 31.4. The first-order chi connectivity index (χ1) is 37.9. The highest BCUT2D eigenvalue weighted by atomic mass is 16.7. The van der Waals surface area contributed by atoms with E-state index in [-0.39, 0.29) is 114 Å². The third-order valence-electron chi connectivity index (χ3n) is 27.6. The average molecular weight is 1150 g/mol. The van der Waals surface area contributed by atoms with Crippen molar-refractivity contribution in [1.29, 1.82) is 10.5 Å². The van der Waals surface area contributed by atoms with E-state index >= 15 is 0 Å². The molecule has 13 nitrogen and oxygen atoms in total. The van der Waals surface area contributed by atoms with Gasteiger partial charge in [-0.1, -0.05) is 99.3 Å². The number of carbonyl (C=O) groups is 4. The van der Waals surface area contributed by atoms with Crippen LogP contribution in [-0.2, 0) is 38.3 Å². The number of hydrogen-bond donors (Lipinski definition) is 1. The van der Waals surface area contributed by atoms with Crippen molar-refractivity contribution in [2.45, 2.75) is 233 Å². The van der Waals surface area contributed by atoms with E-state index in [0.29, 0.717) is 41.9 Å². The normalized spacial score (nSPS) is 46.9. The highest BCUT2D eigenvalue weighted by Crippen LogP contribution is 2.79. The van der Waals surface area contributed by atoms with Crippen molar-refractivity contribution >= 4 is 35.3 Å². The summed E-state index contributed by atoms with van der Waals surface area (Å²) in [4.78, 5) is 57.6. The predicted molar refractivity (Wildman–Crippen MR) is 324 cm³/mol. The molecule has 0 saturated heterocycles. The number of fused-ring (bicyclic) bond motifs is 14. The van der Waals surface area contributed by atoms with Gasteiger partial charge in [0.25, 0.3) is 0 Å². The summed E-state index contributed by atoms with van der Waals surface area (Å²) in [6.45, 7) is 36.5. The fourth-order valence-electron chi connectivity index (χ4n) is 23.4. The standard InChI is InChI=1S/C34H50N2O5.C34H50N2O4.2CH4/c1-21(18-37)24-10-15-34(19-35)17-16-32(6)25(29(24)34)8-9-27-30(4)13-12-28(36-41-23(3)39)31(5,20-40-22(2)38)26(30)11-14-33(27,32)7;1-21(2)24-11-16-34(19-35)18-17-32(7)25(29(24)34)9-10-27-30(5)14-13-28(36-40-23(4)38)31(6,20-39-22(3)37)26(30)12-15-33(27,32)8;;/h24-27,29,37H,1,8-18,20H2,2-7H3;24-27,29H,1,9-18,20H2,2-8H3;2*1H4/t2*24-,25+,26+,27+,29+,30-,31+,32+,33+,34+;;/m00../s1. The van der Waals surface area contributed by atoms with Crippen molar-refractivity contribution in [3.63, 3.8) is 0 Å². The zero-order valence-electron chi connectivity index (χ0n) is 52.0. The number of rotatable bonds is 9. The molecule has 0 unspecified atom stereocenters. The van der Waals surface area contributed by atoms with Crippen LogP contribution in [0.3, 0.4) is 0 Å². The summed E-state index contributed by atoms with van der Waals surface area (Å²) in [6.07, 6.45) is 20.3. The second-order valence-corrected chi connectivity index (χ2v) is 30.5. The van der Waals surface area contributed by atoms with E-state index in [0.717, 1.165) is 126 Å². The summed E-state index contributed by atoms with van der Waals surface area (Å²) >= 11 is 0. The van der Waals surface area contributed by atoms with Gasteiger partial charge in [0.2, 0.25) is 0 Å². The van der Waals surface area contributed by atoms with Gasteiger partial charge < -0.3 is 24.3 Å². The maximum Gasteiger partial charge on any atom is 0.331 e. The molecule has 0 bridgehead atoms. The third kappa shape index (κ3) is 9.92. The smallest absolute Gasteiger partial charge is 0.331 e. The predicted octanol–water partition coefficient (Wildman–Crippen LogP) is 15.5. The molecule has 13 heteroatoms. The molecule has 0 aromatic heterocycles. The highest BCUT2D eigenvalue weighted by Gasteiger charge is 2.74. The SMILES string of the molecule is C.C.C=C(C)[C@@H]1CC[C@]2(C#N)CC[C@]3(C)[C@H](CC[C@@H]4[C@@]5(C)CCC(=NOC(C)=O)[C@](C)(COC(C)=O)[C@@H]5CC[C@]43C)[C@@H]12.C=C(CO)[C@@H]1CC[C@]2(C#N)CC[C@]3(C)[C@H](CC[C@@H]4[C@@]5(C)CCC(=NOC(C)=O)[C@](C)(COC(C)=O)[C@@H]5CC[C@]43C)[C@@H]12. The number of esters is 2. The van der Waals surface area contributed by atoms with Crippen molar-refractivity contribution < 1.29 is 43.4 Å². The van der Waals surface area contributed by atoms with E-state index in [4.69, 9.17) is 19.1 Å². The maximum absolute atomic E-state index is 12.0. The van der Waals surface area contributed by atoms with E-state index < -0.39 is 22.8 Å². The molecule has 1 N–H and O–H groups in total. The summed E-state index contributed by atoms with van der Waals surface area (Å²) < 4.78 is 11.4. The number of allylic oxidation sites excluding steroid dienone is 1. The quantitative estimate of drug-likeness (QED) is 0.0997. The van der Waals surface area contributed by atoms with Gasteiger partial charge in [0.15, 0.2) is 0 Å². The lowest BCUT2D eigenvalue weighted by molar-refractivity contribution is -0.227. The highest BCUT2D eigenvalue weighted by molar-refractivity contribution is 5.92. The molecule has 10 saturated carbocycles.